The van der Waals surface area contributed by atoms with E-state index in [0.29, 0.717) is 29.3 Å². The molecule has 0 aliphatic carbocycles. The molecule has 2 N–H and O–H groups in total. The quantitative estimate of drug-likeness (QED) is 0.820. The van der Waals surface area contributed by atoms with Crippen molar-refractivity contribution in [3.05, 3.63) is 41.0 Å². The van der Waals surface area contributed by atoms with E-state index in [2.05, 4.69) is 9.88 Å². The molecule has 6 nitrogen and oxygen atoms in total. The number of carbonyl (C=O) groups is 1. The SMILES string of the molecule is O=C(c1ccc2cccc(Cl)c2n1)N1CC[C@H](N2CCC(O)CC2)[C@@H](O)C1. The van der Waals surface area contributed by atoms with Gasteiger partial charge in [-0.3, -0.25) is 9.69 Å². The number of hydrogen-bond acceptors (Lipinski definition) is 5. The minimum atomic E-state index is -0.595. The zero-order valence-corrected chi connectivity index (χ0v) is 15.8. The molecule has 1 aromatic carbocycles. The number of carbonyl (C=O) groups excluding carboxylic acids is 1. The summed E-state index contributed by atoms with van der Waals surface area (Å²) in [5.41, 5.74) is 0.967. The maximum Gasteiger partial charge on any atom is 0.272 e. The van der Waals surface area contributed by atoms with Crippen molar-refractivity contribution in [3.8, 4) is 0 Å². The van der Waals surface area contributed by atoms with Gasteiger partial charge in [-0.1, -0.05) is 29.8 Å². The number of β-amino-alcohol motifs (C(OH)–C–C–N with tert-alkyl or cyclic N) is 1. The summed E-state index contributed by atoms with van der Waals surface area (Å²) in [4.78, 5) is 21.3. The number of amides is 1. The Morgan fingerprint density at radius 3 is 2.59 bits per heavy atom. The Morgan fingerprint density at radius 1 is 1.07 bits per heavy atom. The summed E-state index contributed by atoms with van der Waals surface area (Å²) in [5.74, 6) is -0.177. The van der Waals surface area contributed by atoms with Crippen molar-refractivity contribution in [3.63, 3.8) is 0 Å². The molecule has 2 aliphatic rings. The highest BCUT2D eigenvalue weighted by Gasteiger charge is 2.35. The van der Waals surface area contributed by atoms with E-state index in [1.165, 1.54) is 0 Å². The van der Waals surface area contributed by atoms with Crippen LogP contribution in [0.2, 0.25) is 5.02 Å². The lowest BCUT2D eigenvalue weighted by molar-refractivity contribution is -0.0292. The summed E-state index contributed by atoms with van der Waals surface area (Å²) in [7, 11) is 0. The molecule has 0 unspecified atom stereocenters. The average Bonchev–Trinajstić information content (AvgIpc) is 2.68. The number of nitrogens with zero attached hydrogens (tertiary/aromatic N) is 3. The third kappa shape index (κ3) is 3.80. The molecule has 2 aliphatic heterocycles. The number of fused-ring (bicyclic) bond motifs is 1. The molecule has 7 heteroatoms. The Morgan fingerprint density at radius 2 is 1.85 bits per heavy atom. The molecular weight excluding hydrogens is 366 g/mol. The van der Waals surface area contributed by atoms with Crippen molar-refractivity contribution >= 4 is 28.4 Å². The highest BCUT2D eigenvalue weighted by atomic mass is 35.5. The van der Waals surface area contributed by atoms with Gasteiger partial charge in [0.1, 0.15) is 5.69 Å². The molecular formula is C20H24ClN3O3. The third-order valence-electron chi connectivity index (χ3n) is 5.69. The molecule has 0 spiro atoms. The lowest BCUT2D eigenvalue weighted by Crippen LogP contribution is -2.57. The molecule has 0 saturated carbocycles. The predicted molar refractivity (Wildman–Crippen MR) is 104 cm³/mol. The molecule has 0 bridgehead atoms. The molecule has 27 heavy (non-hydrogen) atoms. The molecule has 2 aromatic rings. The van der Waals surface area contributed by atoms with Crippen LogP contribution in [0.4, 0.5) is 0 Å². The van der Waals surface area contributed by atoms with Crippen molar-refractivity contribution in [1.82, 2.24) is 14.8 Å². The van der Waals surface area contributed by atoms with Crippen LogP contribution in [0, 0.1) is 0 Å². The van der Waals surface area contributed by atoms with Crippen LogP contribution >= 0.6 is 11.6 Å². The van der Waals surface area contributed by atoms with Gasteiger partial charge in [0.2, 0.25) is 0 Å². The molecule has 1 amide bonds. The van der Waals surface area contributed by atoms with Crippen molar-refractivity contribution in [2.24, 2.45) is 0 Å². The van der Waals surface area contributed by atoms with Gasteiger partial charge < -0.3 is 15.1 Å². The van der Waals surface area contributed by atoms with E-state index in [-0.39, 0.29) is 18.1 Å². The van der Waals surface area contributed by atoms with E-state index in [9.17, 15) is 15.0 Å². The van der Waals surface area contributed by atoms with Gasteiger partial charge in [0, 0.05) is 37.6 Å². The Kier molecular flexibility index (Phi) is 5.32. The molecule has 2 atom stereocenters. The number of para-hydroxylation sites is 1. The topological polar surface area (TPSA) is 76.9 Å². The molecule has 2 fully saturated rings. The fourth-order valence-electron chi connectivity index (χ4n) is 4.14. The number of hydrogen-bond donors (Lipinski definition) is 2. The Bertz CT molecular complexity index is 838. The molecule has 4 rings (SSSR count). The maximum absolute atomic E-state index is 12.9. The van der Waals surface area contributed by atoms with Crippen LogP contribution in [0.5, 0.6) is 0 Å². The predicted octanol–water partition coefficient (Wildman–Crippen LogP) is 1.92. The summed E-state index contributed by atoms with van der Waals surface area (Å²) in [6, 6.07) is 9.13. The number of rotatable bonds is 2. The fourth-order valence-corrected chi connectivity index (χ4v) is 4.36. The van der Waals surface area contributed by atoms with Gasteiger partial charge in [0.15, 0.2) is 0 Å². The number of likely N-dealkylation sites (tertiary alicyclic amines) is 2. The first-order chi connectivity index (χ1) is 13.0. The summed E-state index contributed by atoms with van der Waals surface area (Å²) < 4.78 is 0. The maximum atomic E-state index is 12.9. The minimum absolute atomic E-state index is 0.0422. The van der Waals surface area contributed by atoms with Crippen molar-refractivity contribution in [2.45, 2.75) is 37.5 Å². The number of piperidine rings is 2. The average molecular weight is 390 g/mol. The van der Waals surface area contributed by atoms with E-state index in [1.54, 1.807) is 17.0 Å². The van der Waals surface area contributed by atoms with E-state index in [0.717, 1.165) is 37.7 Å². The summed E-state index contributed by atoms with van der Waals surface area (Å²) in [6.07, 6.45) is 1.38. The summed E-state index contributed by atoms with van der Waals surface area (Å²) >= 11 is 6.21. The van der Waals surface area contributed by atoms with Crippen LogP contribution in [-0.2, 0) is 0 Å². The fraction of sp³-hybridized carbons (Fsp3) is 0.500. The molecule has 1 aromatic heterocycles. The first kappa shape index (κ1) is 18.6. The third-order valence-corrected chi connectivity index (χ3v) is 6.00. The Labute approximate surface area is 163 Å². The smallest absolute Gasteiger partial charge is 0.272 e. The number of aromatic nitrogens is 1. The van der Waals surface area contributed by atoms with E-state index in [4.69, 9.17) is 11.6 Å². The molecule has 2 saturated heterocycles. The Balaban J connectivity index is 1.45. The van der Waals surface area contributed by atoms with E-state index in [1.807, 2.05) is 18.2 Å². The first-order valence-electron chi connectivity index (χ1n) is 9.47. The zero-order valence-electron chi connectivity index (χ0n) is 15.1. The van der Waals surface area contributed by atoms with E-state index >= 15 is 0 Å². The Hall–Kier alpha value is -1.73. The standard InChI is InChI=1S/C20H24ClN3O3/c21-15-3-1-2-13-4-5-16(22-19(13)15)20(27)24-11-8-17(18(26)12-24)23-9-6-14(25)7-10-23/h1-5,14,17-18,25-26H,6-12H2/t17-,18-/m0/s1. The van der Waals surface area contributed by atoms with Crippen LogP contribution in [0.3, 0.4) is 0 Å². The largest absolute Gasteiger partial charge is 0.393 e. The second kappa shape index (κ2) is 7.72. The zero-order chi connectivity index (χ0) is 19.0. The number of aliphatic hydroxyl groups is 2. The van der Waals surface area contributed by atoms with Crippen LogP contribution < -0.4 is 0 Å². The van der Waals surface area contributed by atoms with Gasteiger partial charge in [-0.05, 0) is 31.4 Å². The van der Waals surface area contributed by atoms with Gasteiger partial charge >= 0.3 is 0 Å². The normalized spacial score (nSPS) is 25.1. The van der Waals surface area contributed by atoms with Gasteiger partial charge in [-0.2, -0.15) is 0 Å². The van der Waals surface area contributed by atoms with Crippen molar-refractivity contribution in [2.75, 3.05) is 26.2 Å². The number of aliphatic hydroxyl groups excluding tert-OH is 2. The van der Waals surface area contributed by atoms with Crippen LogP contribution in [-0.4, -0.2) is 75.3 Å². The molecule has 3 heterocycles. The van der Waals surface area contributed by atoms with Crippen molar-refractivity contribution < 1.29 is 15.0 Å². The summed E-state index contributed by atoms with van der Waals surface area (Å²) in [6.45, 7) is 2.47. The lowest BCUT2D eigenvalue weighted by Gasteiger charge is -2.43. The minimum Gasteiger partial charge on any atom is -0.393 e. The number of halogens is 1. The number of benzene rings is 1. The van der Waals surface area contributed by atoms with Crippen molar-refractivity contribution in [1.29, 1.82) is 0 Å². The highest BCUT2D eigenvalue weighted by molar-refractivity contribution is 6.35. The van der Waals surface area contributed by atoms with Crippen LogP contribution in [0.25, 0.3) is 10.9 Å². The van der Waals surface area contributed by atoms with Crippen LogP contribution in [0.15, 0.2) is 30.3 Å². The lowest BCUT2D eigenvalue weighted by atomic mass is 9.96. The summed E-state index contributed by atoms with van der Waals surface area (Å²) in [5, 5.41) is 21.7. The second-order valence-electron chi connectivity index (χ2n) is 7.45. The van der Waals surface area contributed by atoms with Crippen LogP contribution in [0.1, 0.15) is 29.8 Å². The molecule has 0 radical (unpaired) electrons. The van der Waals surface area contributed by atoms with Gasteiger partial charge in [-0.25, -0.2) is 4.98 Å². The molecule has 144 valence electrons. The van der Waals surface area contributed by atoms with E-state index < -0.39 is 6.10 Å². The highest BCUT2D eigenvalue weighted by Crippen LogP contribution is 2.24. The number of pyridine rings is 1. The van der Waals surface area contributed by atoms with Gasteiger partial charge in [0.05, 0.1) is 22.7 Å². The van der Waals surface area contributed by atoms with Gasteiger partial charge in [0.25, 0.3) is 5.91 Å². The first-order valence-corrected chi connectivity index (χ1v) is 9.85. The van der Waals surface area contributed by atoms with Gasteiger partial charge in [-0.15, -0.1) is 0 Å². The second-order valence-corrected chi connectivity index (χ2v) is 7.86. The monoisotopic (exact) mass is 389 g/mol.